The van der Waals surface area contributed by atoms with Crippen molar-refractivity contribution < 1.29 is 4.74 Å². The van der Waals surface area contributed by atoms with E-state index in [9.17, 15) is 0 Å². The fourth-order valence-electron chi connectivity index (χ4n) is 2.97. The molecule has 1 aliphatic rings. The van der Waals surface area contributed by atoms with Gasteiger partial charge in [0.25, 0.3) is 0 Å². The van der Waals surface area contributed by atoms with Gasteiger partial charge < -0.3 is 19.5 Å². The van der Waals surface area contributed by atoms with E-state index >= 15 is 0 Å². The minimum Gasteiger partial charge on any atom is -0.378 e. The number of rotatable bonds is 5. The SMILES string of the molecule is CN=C(NCCN1CCOCC1(C)C)N(C)Cc1cccn1C. The van der Waals surface area contributed by atoms with Gasteiger partial charge in [0.05, 0.1) is 19.8 Å². The lowest BCUT2D eigenvalue weighted by Crippen LogP contribution is -2.55. The molecule has 1 N–H and O–H groups in total. The van der Waals surface area contributed by atoms with Gasteiger partial charge >= 0.3 is 0 Å². The quantitative estimate of drug-likeness (QED) is 0.653. The molecule has 2 rings (SSSR count). The van der Waals surface area contributed by atoms with Crippen LogP contribution >= 0.6 is 0 Å². The summed E-state index contributed by atoms with van der Waals surface area (Å²) < 4.78 is 7.71. The summed E-state index contributed by atoms with van der Waals surface area (Å²) in [4.78, 5) is 9.03. The Labute approximate surface area is 140 Å². The largest absolute Gasteiger partial charge is 0.378 e. The molecule has 0 saturated carbocycles. The molecule has 2 heterocycles. The van der Waals surface area contributed by atoms with Crippen molar-refractivity contribution in [3.63, 3.8) is 0 Å². The van der Waals surface area contributed by atoms with Crippen molar-refractivity contribution in [2.45, 2.75) is 25.9 Å². The van der Waals surface area contributed by atoms with Gasteiger partial charge in [-0.1, -0.05) is 0 Å². The molecule has 0 unspecified atom stereocenters. The maximum Gasteiger partial charge on any atom is 0.193 e. The minimum absolute atomic E-state index is 0.110. The van der Waals surface area contributed by atoms with Crippen molar-refractivity contribution >= 4 is 5.96 Å². The molecule has 1 aromatic rings. The van der Waals surface area contributed by atoms with Crippen molar-refractivity contribution in [3.05, 3.63) is 24.0 Å². The number of hydrogen-bond acceptors (Lipinski definition) is 3. The third-order valence-electron chi connectivity index (χ3n) is 4.51. The van der Waals surface area contributed by atoms with Crippen molar-refractivity contribution in [2.24, 2.45) is 12.0 Å². The van der Waals surface area contributed by atoms with E-state index in [1.807, 2.05) is 7.05 Å². The van der Waals surface area contributed by atoms with Crippen molar-refractivity contribution in [1.29, 1.82) is 0 Å². The van der Waals surface area contributed by atoms with Crippen LogP contribution in [0.2, 0.25) is 0 Å². The number of morpholine rings is 1. The summed E-state index contributed by atoms with van der Waals surface area (Å²) in [6, 6.07) is 4.21. The Hall–Kier alpha value is -1.53. The Morgan fingerprint density at radius 3 is 2.87 bits per heavy atom. The monoisotopic (exact) mass is 321 g/mol. The first-order valence-electron chi connectivity index (χ1n) is 8.29. The van der Waals surface area contributed by atoms with Crippen LogP contribution < -0.4 is 5.32 Å². The van der Waals surface area contributed by atoms with E-state index in [0.717, 1.165) is 45.4 Å². The molecule has 6 nitrogen and oxygen atoms in total. The molecule has 0 radical (unpaired) electrons. The number of ether oxygens (including phenoxy) is 1. The predicted octanol–water partition coefficient (Wildman–Crippen LogP) is 1.14. The maximum atomic E-state index is 5.58. The molecular formula is C17H31N5O. The normalized spacial score (nSPS) is 18.9. The number of hydrogen-bond donors (Lipinski definition) is 1. The van der Waals surface area contributed by atoms with Gasteiger partial charge in [-0.15, -0.1) is 0 Å². The van der Waals surface area contributed by atoms with Gasteiger partial charge in [-0.2, -0.15) is 0 Å². The van der Waals surface area contributed by atoms with Crippen LogP contribution in [0.1, 0.15) is 19.5 Å². The molecule has 1 aliphatic heterocycles. The molecule has 130 valence electrons. The number of nitrogens with zero attached hydrogens (tertiary/aromatic N) is 4. The van der Waals surface area contributed by atoms with Gasteiger partial charge in [0.2, 0.25) is 0 Å². The van der Waals surface area contributed by atoms with E-state index < -0.39 is 0 Å². The van der Waals surface area contributed by atoms with Crippen LogP contribution in [0.25, 0.3) is 0 Å². The molecule has 0 bridgehead atoms. The first-order valence-corrected chi connectivity index (χ1v) is 8.29. The Morgan fingerprint density at radius 2 is 2.26 bits per heavy atom. The first-order chi connectivity index (χ1) is 10.9. The third kappa shape index (κ3) is 4.72. The molecule has 0 atom stereocenters. The zero-order valence-corrected chi connectivity index (χ0v) is 15.2. The summed E-state index contributed by atoms with van der Waals surface area (Å²) in [6.07, 6.45) is 2.07. The fourth-order valence-corrected chi connectivity index (χ4v) is 2.97. The molecule has 0 amide bonds. The van der Waals surface area contributed by atoms with E-state index in [0.29, 0.717) is 0 Å². The molecule has 23 heavy (non-hydrogen) atoms. The van der Waals surface area contributed by atoms with Crippen LogP contribution in [0.15, 0.2) is 23.3 Å². The number of guanidine groups is 1. The second kappa shape index (κ2) is 7.84. The highest BCUT2D eigenvalue weighted by Gasteiger charge is 2.29. The number of aromatic nitrogens is 1. The molecule has 0 spiro atoms. The highest BCUT2D eigenvalue weighted by atomic mass is 16.5. The van der Waals surface area contributed by atoms with E-state index in [1.54, 1.807) is 0 Å². The Morgan fingerprint density at radius 1 is 1.48 bits per heavy atom. The topological polar surface area (TPSA) is 45.0 Å². The summed E-state index contributed by atoms with van der Waals surface area (Å²) in [5, 5.41) is 3.47. The molecule has 0 aliphatic carbocycles. The molecule has 6 heteroatoms. The summed E-state index contributed by atoms with van der Waals surface area (Å²) in [5.41, 5.74) is 1.38. The van der Waals surface area contributed by atoms with Gasteiger partial charge in [0, 0.05) is 58.2 Å². The zero-order chi connectivity index (χ0) is 16.9. The minimum atomic E-state index is 0.110. The second-order valence-corrected chi connectivity index (χ2v) is 6.79. The van der Waals surface area contributed by atoms with Crippen LogP contribution in [0.4, 0.5) is 0 Å². The predicted molar refractivity (Wildman–Crippen MR) is 94.7 cm³/mol. The van der Waals surface area contributed by atoms with Crippen LogP contribution in [0.3, 0.4) is 0 Å². The third-order valence-corrected chi connectivity index (χ3v) is 4.51. The average molecular weight is 321 g/mol. The van der Waals surface area contributed by atoms with E-state index in [1.165, 1.54) is 5.69 Å². The molecule has 0 aromatic carbocycles. The summed E-state index contributed by atoms with van der Waals surface area (Å²) >= 11 is 0. The molecule has 1 saturated heterocycles. The van der Waals surface area contributed by atoms with E-state index in [-0.39, 0.29) is 5.54 Å². The van der Waals surface area contributed by atoms with Crippen LogP contribution in [-0.4, -0.2) is 72.8 Å². The summed E-state index contributed by atoms with van der Waals surface area (Å²) in [7, 11) is 5.98. The van der Waals surface area contributed by atoms with Gasteiger partial charge in [0.15, 0.2) is 5.96 Å². The van der Waals surface area contributed by atoms with Crippen LogP contribution in [0, 0.1) is 0 Å². The van der Waals surface area contributed by atoms with Crippen molar-refractivity contribution in [1.82, 2.24) is 19.7 Å². The van der Waals surface area contributed by atoms with Crippen LogP contribution in [-0.2, 0) is 18.3 Å². The van der Waals surface area contributed by atoms with Crippen LogP contribution in [0.5, 0.6) is 0 Å². The molecule has 1 fully saturated rings. The van der Waals surface area contributed by atoms with Crippen molar-refractivity contribution in [2.75, 3.05) is 46.9 Å². The number of nitrogens with one attached hydrogen (secondary N) is 1. The van der Waals surface area contributed by atoms with Gasteiger partial charge in [-0.3, -0.25) is 9.89 Å². The van der Waals surface area contributed by atoms with Crippen molar-refractivity contribution in [3.8, 4) is 0 Å². The smallest absolute Gasteiger partial charge is 0.193 e. The fraction of sp³-hybridized carbons (Fsp3) is 0.706. The Bertz CT molecular complexity index is 523. The van der Waals surface area contributed by atoms with Gasteiger partial charge in [0.1, 0.15) is 0 Å². The highest BCUT2D eigenvalue weighted by Crippen LogP contribution is 2.17. The average Bonchev–Trinajstić information content (AvgIpc) is 2.90. The summed E-state index contributed by atoms with van der Waals surface area (Å²) in [6.45, 7) is 9.81. The van der Waals surface area contributed by atoms with E-state index in [4.69, 9.17) is 4.74 Å². The van der Waals surface area contributed by atoms with Gasteiger partial charge in [-0.25, -0.2) is 0 Å². The Balaban J connectivity index is 1.82. The molecule has 1 aromatic heterocycles. The first kappa shape index (κ1) is 17.8. The van der Waals surface area contributed by atoms with E-state index in [2.05, 4.69) is 70.9 Å². The Kier molecular flexibility index (Phi) is 6.07. The maximum absolute atomic E-state index is 5.58. The standard InChI is InChI=1S/C17H31N5O/c1-17(2)14-23-12-11-22(17)10-8-19-16(18-3)21(5)13-15-7-6-9-20(15)4/h6-7,9H,8,10-14H2,1-5H3,(H,18,19). The van der Waals surface area contributed by atoms with Gasteiger partial charge in [-0.05, 0) is 26.0 Å². The lowest BCUT2D eigenvalue weighted by Gasteiger charge is -2.42. The number of aliphatic imine (C=N–C) groups is 1. The second-order valence-electron chi connectivity index (χ2n) is 6.79. The highest BCUT2D eigenvalue weighted by molar-refractivity contribution is 5.79. The zero-order valence-electron chi connectivity index (χ0n) is 15.2. The lowest BCUT2D eigenvalue weighted by molar-refractivity contribution is -0.0496. The number of aryl methyl sites for hydroxylation is 1. The molecular weight excluding hydrogens is 290 g/mol. The lowest BCUT2D eigenvalue weighted by atomic mass is 10.0. The summed E-state index contributed by atoms with van der Waals surface area (Å²) in [5.74, 6) is 0.928.